The number of nitrogens with one attached hydrogen (secondary N) is 1. The SMILES string of the molecule is NS(=O)(=O)c1ccc2c(c1)/C(=C\c1ccccc1I)C(=O)N2. The lowest BCUT2D eigenvalue weighted by Crippen LogP contribution is -2.12. The third-order valence-corrected chi connectivity index (χ3v) is 5.20. The van der Waals surface area contributed by atoms with E-state index in [9.17, 15) is 13.2 Å². The van der Waals surface area contributed by atoms with Gasteiger partial charge in [-0.3, -0.25) is 4.79 Å². The Labute approximate surface area is 141 Å². The molecule has 2 aromatic carbocycles. The zero-order chi connectivity index (χ0) is 15.9. The van der Waals surface area contributed by atoms with Crippen molar-refractivity contribution < 1.29 is 13.2 Å². The summed E-state index contributed by atoms with van der Waals surface area (Å²) in [6.07, 6.45) is 1.75. The van der Waals surface area contributed by atoms with Crippen LogP contribution in [0.25, 0.3) is 11.6 Å². The van der Waals surface area contributed by atoms with Crippen LogP contribution < -0.4 is 10.5 Å². The molecule has 2 aromatic rings. The molecule has 1 amide bonds. The second-order valence-electron chi connectivity index (χ2n) is 4.79. The molecular formula is C15H11IN2O3S. The van der Waals surface area contributed by atoms with E-state index in [-0.39, 0.29) is 10.8 Å². The van der Waals surface area contributed by atoms with E-state index in [1.54, 1.807) is 12.1 Å². The van der Waals surface area contributed by atoms with Crippen molar-refractivity contribution in [2.24, 2.45) is 5.14 Å². The summed E-state index contributed by atoms with van der Waals surface area (Å²) < 4.78 is 24.0. The number of carbonyl (C=O) groups excluding carboxylic acids is 1. The number of hydrogen-bond acceptors (Lipinski definition) is 3. The summed E-state index contributed by atoms with van der Waals surface area (Å²) in [5.41, 5.74) is 2.43. The first-order valence-corrected chi connectivity index (χ1v) is 8.93. The average Bonchev–Trinajstić information content (AvgIpc) is 2.76. The van der Waals surface area contributed by atoms with Gasteiger partial charge in [0.25, 0.3) is 5.91 Å². The van der Waals surface area contributed by atoms with Gasteiger partial charge in [-0.2, -0.15) is 0 Å². The summed E-state index contributed by atoms with van der Waals surface area (Å²) in [6, 6.07) is 12.0. The molecule has 3 rings (SSSR count). The first-order valence-electron chi connectivity index (χ1n) is 6.31. The third-order valence-electron chi connectivity index (χ3n) is 3.31. The van der Waals surface area contributed by atoms with E-state index in [2.05, 4.69) is 27.9 Å². The minimum Gasteiger partial charge on any atom is -0.321 e. The lowest BCUT2D eigenvalue weighted by molar-refractivity contribution is -0.110. The molecule has 0 unspecified atom stereocenters. The zero-order valence-electron chi connectivity index (χ0n) is 11.2. The molecule has 7 heteroatoms. The number of halogens is 1. The van der Waals surface area contributed by atoms with Crippen LogP contribution in [-0.2, 0) is 14.8 Å². The summed E-state index contributed by atoms with van der Waals surface area (Å²) >= 11 is 2.18. The van der Waals surface area contributed by atoms with Crippen LogP contribution in [0.4, 0.5) is 5.69 Å². The first-order chi connectivity index (χ1) is 10.4. The van der Waals surface area contributed by atoms with E-state index in [1.807, 2.05) is 24.3 Å². The van der Waals surface area contributed by atoms with Gasteiger partial charge in [-0.05, 0) is 58.5 Å². The number of fused-ring (bicyclic) bond motifs is 1. The maximum absolute atomic E-state index is 12.1. The maximum Gasteiger partial charge on any atom is 0.256 e. The number of benzene rings is 2. The molecule has 0 aromatic heterocycles. The van der Waals surface area contributed by atoms with Crippen LogP contribution in [0.15, 0.2) is 47.4 Å². The van der Waals surface area contributed by atoms with Crippen molar-refractivity contribution in [1.82, 2.24) is 0 Å². The Morgan fingerprint density at radius 3 is 2.55 bits per heavy atom. The van der Waals surface area contributed by atoms with Crippen molar-refractivity contribution >= 4 is 55.9 Å². The van der Waals surface area contributed by atoms with Gasteiger partial charge < -0.3 is 5.32 Å². The van der Waals surface area contributed by atoms with Crippen LogP contribution in [0.1, 0.15) is 11.1 Å². The number of rotatable bonds is 2. The zero-order valence-corrected chi connectivity index (χ0v) is 14.2. The normalized spacial score (nSPS) is 15.7. The molecular weight excluding hydrogens is 415 g/mol. The molecule has 0 fully saturated rings. The van der Waals surface area contributed by atoms with Crippen molar-refractivity contribution in [3.63, 3.8) is 0 Å². The summed E-state index contributed by atoms with van der Waals surface area (Å²) in [7, 11) is -3.81. The Morgan fingerprint density at radius 2 is 1.86 bits per heavy atom. The molecule has 0 saturated heterocycles. The van der Waals surface area contributed by atoms with Crippen molar-refractivity contribution in [3.05, 3.63) is 57.2 Å². The highest BCUT2D eigenvalue weighted by Gasteiger charge is 2.26. The molecule has 1 aliphatic heterocycles. The maximum atomic E-state index is 12.1. The molecule has 0 atom stereocenters. The van der Waals surface area contributed by atoms with E-state index in [0.717, 1.165) is 9.13 Å². The lowest BCUT2D eigenvalue weighted by atomic mass is 10.0. The van der Waals surface area contributed by atoms with Gasteiger partial charge in [-0.25, -0.2) is 13.6 Å². The van der Waals surface area contributed by atoms with E-state index < -0.39 is 10.0 Å². The van der Waals surface area contributed by atoms with E-state index in [4.69, 9.17) is 5.14 Å². The third kappa shape index (κ3) is 2.79. The molecule has 112 valence electrons. The second-order valence-corrected chi connectivity index (χ2v) is 7.51. The average molecular weight is 426 g/mol. The van der Waals surface area contributed by atoms with Crippen molar-refractivity contribution in [2.75, 3.05) is 5.32 Å². The second kappa shape index (κ2) is 5.49. The quantitative estimate of drug-likeness (QED) is 0.571. The Balaban J connectivity index is 2.17. The van der Waals surface area contributed by atoms with Gasteiger partial charge in [-0.15, -0.1) is 0 Å². The van der Waals surface area contributed by atoms with Crippen molar-refractivity contribution in [3.8, 4) is 0 Å². The Hall–Kier alpha value is -1.71. The van der Waals surface area contributed by atoms with E-state index in [1.165, 1.54) is 12.1 Å². The molecule has 1 aliphatic rings. The number of nitrogens with two attached hydrogens (primary N) is 1. The highest BCUT2D eigenvalue weighted by Crippen LogP contribution is 2.35. The fraction of sp³-hybridized carbons (Fsp3) is 0. The molecule has 0 bridgehead atoms. The monoisotopic (exact) mass is 426 g/mol. The smallest absolute Gasteiger partial charge is 0.256 e. The summed E-state index contributed by atoms with van der Waals surface area (Å²) in [5, 5.41) is 7.87. The topological polar surface area (TPSA) is 89.3 Å². The lowest BCUT2D eigenvalue weighted by Gasteiger charge is -2.03. The van der Waals surface area contributed by atoms with Crippen molar-refractivity contribution in [2.45, 2.75) is 4.90 Å². The number of amides is 1. The van der Waals surface area contributed by atoms with Crippen LogP contribution in [0, 0.1) is 3.57 Å². The number of primary sulfonamides is 1. The summed E-state index contributed by atoms with van der Waals surface area (Å²) in [6.45, 7) is 0. The molecule has 1 heterocycles. The van der Waals surface area contributed by atoms with Gasteiger partial charge in [0.05, 0.1) is 4.90 Å². The van der Waals surface area contributed by atoms with Crippen LogP contribution in [0.5, 0.6) is 0 Å². The number of hydrogen-bond donors (Lipinski definition) is 2. The number of sulfonamides is 1. The van der Waals surface area contributed by atoms with Gasteiger partial charge >= 0.3 is 0 Å². The molecule has 0 radical (unpaired) electrons. The van der Waals surface area contributed by atoms with Gasteiger partial charge in [0.1, 0.15) is 0 Å². The first kappa shape index (κ1) is 15.2. The van der Waals surface area contributed by atoms with Crippen molar-refractivity contribution in [1.29, 1.82) is 0 Å². The van der Waals surface area contributed by atoms with Crippen LogP contribution in [0.3, 0.4) is 0 Å². The standard InChI is InChI=1S/C15H11IN2O3S/c16-13-4-2-1-3-9(13)7-12-11-8-10(22(17,20)21)5-6-14(11)18-15(12)19/h1-8H,(H,18,19)(H2,17,20,21)/b12-7+. The fourth-order valence-electron chi connectivity index (χ4n) is 2.24. The van der Waals surface area contributed by atoms with Gasteiger partial charge in [-0.1, -0.05) is 18.2 Å². The minimum absolute atomic E-state index is 0.0172. The number of anilines is 1. The highest BCUT2D eigenvalue weighted by molar-refractivity contribution is 14.1. The summed E-state index contributed by atoms with van der Waals surface area (Å²) in [5.74, 6) is -0.263. The molecule has 22 heavy (non-hydrogen) atoms. The van der Waals surface area contributed by atoms with Gasteiger partial charge in [0, 0.05) is 20.4 Å². The van der Waals surface area contributed by atoms with Crippen LogP contribution in [-0.4, -0.2) is 14.3 Å². The minimum atomic E-state index is -3.81. The molecule has 5 nitrogen and oxygen atoms in total. The Kier molecular flexibility index (Phi) is 3.79. The largest absolute Gasteiger partial charge is 0.321 e. The van der Waals surface area contributed by atoms with Gasteiger partial charge in [0.2, 0.25) is 10.0 Å². The number of carbonyl (C=O) groups is 1. The van der Waals surface area contributed by atoms with Crippen LogP contribution in [0.2, 0.25) is 0 Å². The predicted octanol–water partition coefficient (Wildman–Crippen LogP) is 2.43. The van der Waals surface area contributed by atoms with E-state index in [0.29, 0.717) is 16.8 Å². The van der Waals surface area contributed by atoms with E-state index >= 15 is 0 Å². The Morgan fingerprint density at radius 1 is 1.14 bits per heavy atom. The predicted molar refractivity (Wildman–Crippen MR) is 93.5 cm³/mol. The summed E-state index contributed by atoms with van der Waals surface area (Å²) in [4.78, 5) is 12.1. The Bertz CT molecular complexity index is 920. The molecule has 0 saturated carbocycles. The van der Waals surface area contributed by atoms with Crippen LogP contribution >= 0.6 is 22.6 Å². The van der Waals surface area contributed by atoms with Gasteiger partial charge in [0.15, 0.2) is 0 Å². The molecule has 0 spiro atoms. The molecule has 3 N–H and O–H groups in total. The molecule has 0 aliphatic carbocycles. The highest BCUT2D eigenvalue weighted by atomic mass is 127. The fourth-order valence-corrected chi connectivity index (χ4v) is 3.32.